The lowest BCUT2D eigenvalue weighted by molar-refractivity contribution is 0.0520. The summed E-state index contributed by atoms with van der Waals surface area (Å²) in [5.74, 6) is 5.05. The van der Waals surface area contributed by atoms with Crippen molar-refractivity contribution in [3.63, 3.8) is 0 Å². The summed E-state index contributed by atoms with van der Waals surface area (Å²) in [6, 6.07) is 11.7. The lowest BCUT2D eigenvalue weighted by Gasteiger charge is -2.10. The monoisotopic (exact) mass is 578 g/mol. The molecule has 1 saturated carbocycles. The minimum Gasteiger partial charge on any atom is -0.461 e. The molecule has 1 fully saturated rings. The number of sulfonamides is 1. The number of thiazole rings is 1. The van der Waals surface area contributed by atoms with Gasteiger partial charge in [0.15, 0.2) is 5.69 Å². The number of carbonyl (C=O) groups excluding carboxylic acids is 1. The number of rotatable bonds is 9. The SMILES string of the molecule is CC#Cc1cccc(-c2nn(-c3nc(C(=O)OCC)cs3)c(CC3CC3)c2Cc2ccc(S(N)(=O)=O)c(F)c2)c1. The number of nitrogens with zero attached hydrogens (tertiary/aromatic N) is 3. The van der Waals surface area contributed by atoms with Gasteiger partial charge in [0, 0.05) is 28.5 Å². The highest BCUT2D eigenvalue weighted by molar-refractivity contribution is 7.89. The van der Waals surface area contributed by atoms with E-state index < -0.39 is 26.7 Å². The molecule has 0 atom stereocenters. The molecule has 206 valence electrons. The molecule has 0 unspecified atom stereocenters. The van der Waals surface area contributed by atoms with Gasteiger partial charge in [0.25, 0.3) is 0 Å². The van der Waals surface area contributed by atoms with Crippen LogP contribution < -0.4 is 5.14 Å². The van der Waals surface area contributed by atoms with Crippen molar-refractivity contribution < 1.29 is 22.3 Å². The fourth-order valence-electron chi connectivity index (χ4n) is 4.50. The Balaban J connectivity index is 1.67. The average Bonchev–Trinajstić information content (AvgIpc) is 3.47. The maximum absolute atomic E-state index is 14.8. The fraction of sp³-hybridized carbons (Fsp3) is 0.276. The number of hydrogen-bond donors (Lipinski definition) is 1. The van der Waals surface area contributed by atoms with E-state index in [2.05, 4.69) is 16.8 Å². The summed E-state index contributed by atoms with van der Waals surface area (Å²) in [6.45, 7) is 3.75. The Bertz CT molecular complexity index is 1760. The molecule has 0 spiro atoms. The summed E-state index contributed by atoms with van der Waals surface area (Å²) in [6.07, 6.45) is 3.19. The maximum Gasteiger partial charge on any atom is 0.357 e. The Morgan fingerprint density at radius 1 is 1.25 bits per heavy atom. The first kappa shape index (κ1) is 27.7. The van der Waals surface area contributed by atoms with Gasteiger partial charge in [-0.3, -0.25) is 0 Å². The number of carbonyl (C=O) groups is 1. The first-order valence-corrected chi connectivity index (χ1v) is 15.2. The van der Waals surface area contributed by atoms with Gasteiger partial charge < -0.3 is 4.74 Å². The Morgan fingerprint density at radius 3 is 2.73 bits per heavy atom. The van der Waals surface area contributed by atoms with E-state index >= 15 is 0 Å². The van der Waals surface area contributed by atoms with Crippen LogP contribution in [0.1, 0.15) is 59.6 Å². The number of ether oxygens (including phenoxy) is 1. The summed E-state index contributed by atoms with van der Waals surface area (Å²) < 4.78 is 45.2. The third kappa shape index (κ3) is 5.99. The van der Waals surface area contributed by atoms with Crippen molar-refractivity contribution in [2.24, 2.45) is 11.1 Å². The van der Waals surface area contributed by atoms with E-state index in [0.717, 1.165) is 41.6 Å². The number of aromatic nitrogens is 3. The Hall–Kier alpha value is -3.85. The quantitative estimate of drug-likeness (QED) is 0.224. The summed E-state index contributed by atoms with van der Waals surface area (Å²) in [4.78, 5) is 16.3. The second-order valence-electron chi connectivity index (χ2n) is 9.51. The smallest absolute Gasteiger partial charge is 0.357 e. The molecule has 0 radical (unpaired) electrons. The van der Waals surface area contributed by atoms with Gasteiger partial charge in [-0.15, -0.1) is 17.3 Å². The van der Waals surface area contributed by atoms with Crippen LogP contribution in [0.5, 0.6) is 0 Å². The zero-order chi connectivity index (χ0) is 28.4. The van der Waals surface area contributed by atoms with E-state index in [1.54, 1.807) is 30.0 Å². The first-order chi connectivity index (χ1) is 19.2. The predicted molar refractivity (Wildman–Crippen MR) is 150 cm³/mol. The molecule has 5 rings (SSSR count). The number of esters is 1. The van der Waals surface area contributed by atoms with E-state index in [-0.39, 0.29) is 12.3 Å². The van der Waals surface area contributed by atoms with Crippen LogP contribution >= 0.6 is 11.3 Å². The number of benzene rings is 2. The van der Waals surface area contributed by atoms with Crippen LogP contribution in [0, 0.1) is 23.6 Å². The van der Waals surface area contributed by atoms with Gasteiger partial charge in [0.05, 0.1) is 18.0 Å². The molecule has 11 heteroatoms. The molecule has 1 aliphatic rings. The molecule has 0 amide bonds. The maximum atomic E-state index is 14.8. The molecule has 2 heterocycles. The van der Waals surface area contributed by atoms with Crippen molar-refractivity contribution in [1.82, 2.24) is 14.8 Å². The van der Waals surface area contributed by atoms with Gasteiger partial charge in [-0.1, -0.05) is 24.1 Å². The topological polar surface area (TPSA) is 117 Å². The second-order valence-corrected chi connectivity index (χ2v) is 11.9. The van der Waals surface area contributed by atoms with Gasteiger partial charge in [0.2, 0.25) is 15.2 Å². The second kappa shape index (κ2) is 11.3. The normalized spacial score (nSPS) is 13.1. The lowest BCUT2D eigenvalue weighted by Crippen LogP contribution is -2.14. The summed E-state index contributed by atoms with van der Waals surface area (Å²) >= 11 is 1.29. The third-order valence-corrected chi connectivity index (χ3v) is 8.28. The van der Waals surface area contributed by atoms with Crippen LogP contribution in [-0.4, -0.2) is 35.8 Å². The minimum absolute atomic E-state index is 0.207. The van der Waals surface area contributed by atoms with E-state index in [9.17, 15) is 17.6 Å². The minimum atomic E-state index is -4.19. The highest BCUT2D eigenvalue weighted by atomic mass is 32.2. The Labute approximate surface area is 236 Å². The molecule has 40 heavy (non-hydrogen) atoms. The van der Waals surface area contributed by atoms with Crippen LogP contribution in [0.3, 0.4) is 0 Å². The zero-order valence-corrected chi connectivity index (χ0v) is 23.6. The molecule has 4 aromatic rings. The summed E-state index contributed by atoms with van der Waals surface area (Å²) in [5.41, 5.74) is 4.88. The van der Waals surface area contributed by atoms with Crippen molar-refractivity contribution in [2.75, 3.05) is 6.61 Å². The summed E-state index contributed by atoms with van der Waals surface area (Å²) in [5, 5.41) is 12.3. The predicted octanol–water partition coefficient (Wildman–Crippen LogP) is 4.87. The van der Waals surface area contributed by atoms with Gasteiger partial charge in [0.1, 0.15) is 10.7 Å². The highest BCUT2D eigenvalue weighted by Gasteiger charge is 2.29. The van der Waals surface area contributed by atoms with E-state index in [0.29, 0.717) is 28.7 Å². The van der Waals surface area contributed by atoms with E-state index in [4.69, 9.17) is 15.0 Å². The molecule has 2 aromatic carbocycles. The molecule has 0 bridgehead atoms. The summed E-state index contributed by atoms with van der Waals surface area (Å²) in [7, 11) is -4.19. The molecule has 0 saturated heterocycles. The van der Waals surface area contributed by atoms with E-state index in [1.165, 1.54) is 23.5 Å². The fourth-order valence-corrected chi connectivity index (χ4v) is 5.86. The number of primary sulfonamides is 1. The largest absolute Gasteiger partial charge is 0.461 e. The molecule has 0 aliphatic heterocycles. The average molecular weight is 579 g/mol. The van der Waals surface area contributed by atoms with Crippen LogP contribution in [0.2, 0.25) is 0 Å². The molecular weight excluding hydrogens is 551 g/mol. The third-order valence-electron chi connectivity index (χ3n) is 6.52. The number of halogens is 1. The van der Waals surface area contributed by atoms with Crippen LogP contribution in [0.4, 0.5) is 4.39 Å². The lowest BCUT2D eigenvalue weighted by atomic mass is 9.96. The number of hydrogen-bond acceptors (Lipinski definition) is 7. The van der Waals surface area contributed by atoms with Crippen LogP contribution in [0.15, 0.2) is 52.7 Å². The van der Waals surface area contributed by atoms with Gasteiger partial charge in [-0.05, 0) is 68.9 Å². The van der Waals surface area contributed by atoms with E-state index in [1.807, 2.05) is 24.3 Å². The van der Waals surface area contributed by atoms with Crippen molar-refractivity contribution in [2.45, 2.75) is 44.4 Å². The van der Waals surface area contributed by atoms with Crippen molar-refractivity contribution in [1.29, 1.82) is 0 Å². The van der Waals surface area contributed by atoms with Crippen molar-refractivity contribution in [3.05, 3.63) is 81.7 Å². The Kier molecular flexibility index (Phi) is 7.85. The number of nitrogens with two attached hydrogens (primary N) is 1. The van der Waals surface area contributed by atoms with Crippen LogP contribution in [-0.2, 0) is 27.6 Å². The van der Waals surface area contributed by atoms with Gasteiger partial charge in [-0.25, -0.2) is 32.4 Å². The van der Waals surface area contributed by atoms with Gasteiger partial charge >= 0.3 is 5.97 Å². The van der Waals surface area contributed by atoms with Gasteiger partial charge in [-0.2, -0.15) is 5.10 Å². The van der Waals surface area contributed by atoms with Crippen LogP contribution in [0.25, 0.3) is 16.4 Å². The first-order valence-electron chi connectivity index (χ1n) is 12.8. The molecule has 2 N–H and O–H groups in total. The molecule has 8 nitrogen and oxygen atoms in total. The van der Waals surface area contributed by atoms with Crippen molar-refractivity contribution >= 4 is 27.3 Å². The molecule has 1 aliphatic carbocycles. The Morgan fingerprint density at radius 2 is 2.05 bits per heavy atom. The standard InChI is InChI=1S/C29H27FN4O4S2/c1-3-6-18-7-5-8-21(13-18)27-22(14-20-11-12-26(23(30)15-20)40(31,36)37)25(16-19-9-10-19)34(33-27)29-32-24(17-39-29)28(35)38-4-2/h5,7-8,11-13,15,17,19H,4,9-10,14,16H2,1-2H3,(H2,31,36,37). The highest BCUT2D eigenvalue weighted by Crippen LogP contribution is 2.38. The zero-order valence-electron chi connectivity index (χ0n) is 22.0. The molecular formula is C29H27FN4O4S2. The van der Waals surface area contributed by atoms with Crippen molar-refractivity contribution in [3.8, 4) is 28.2 Å². The molecule has 2 aromatic heterocycles.